The van der Waals surface area contributed by atoms with Gasteiger partial charge in [0.1, 0.15) is 10.8 Å². The number of anilines is 2. The van der Waals surface area contributed by atoms with Crippen molar-refractivity contribution in [3.63, 3.8) is 0 Å². The summed E-state index contributed by atoms with van der Waals surface area (Å²) in [5, 5.41) is 6.11. The fourth-order valence-electron chi connectivity index (χ4n) is 2.90. The highest BCUT2D eigenvalue weighted by Crippen LogP contribution is 2.35. The lowest BCUT2D eigenvalue weighted by Gasteiger charge is -2.07. The first-order chi connectivity index (χ1) is 15.2. The van der Waals surface area contributed by atoms with Gasteiger partial charge < -0.3 is 20.1 Å². The van der Waals surface area contributed by atoms with Crippen LogP contribution in [0.25, 0.3) is 0 Å². The van der Waals surface area contributed by atoms with Crippen molar-refractivity contribution >= 4 is 63.0 Å². The molecule has 3 aromatic rings. The molecule has 1 heterocycles. The lowest BCUT2D eigenvalue weighted by molar-refractivity contribution is 0.0601. The van der Waals surface area contributed by atoms with Gasteiger partial charge in [-0.15, -0.1) is 11.3 Å². The predicted molar refractivity (Wildman–Crippen MR) is 126 cm³/mol. The summed E-state index contributed by atoms with van der Waals surface area (Å²) in [6.45, 7) is 1.61. The van der Waals surface area contributed by atoms with Crippen molar-refractivity contribution in [3.05, 3.63) is 74.1 Å². The van der Waals surface area contributed by atoms with Gasteiger partial charge in [-0.25, -0.2) is 4.79 Å². The lowest BCUT2D eigenvalue weighted by Crippen LogP contribution is -2.15. The average Bonchev–Trinajstić information content (AvgIpc) is 3.08. The van der Waals surface area contributed by atoms with Crippen LogP contribution in [0.2, 0.25) is 10.0 Å². The number of halogens is 2. The second-order valence-corrected chi connectivity index (χ2v) is 8.38. The molecule has 0 aliphatic carbocycles. The number of amides is 2. The van der Waals surface area contributed by atoms with E-state index in [2.05, 4.69) is 10.6 Å². The van der Waals surface area contributed by atoms with Gasteiger partial charge in [0.15, 0.2) is 0 Å². The van der Waals surface area contributed by atoms with E-state index in [9.17, 15) is 14.4 Å². The second-order valence-electron chi connectivity index (χ2n) is 6.52. The Hall–Kier alpha value is -3.07. The molecule has 0 saturated carbocycles. The summed E-state index contributed by atoms with van der Waals surface area (Å²) >= 11 is 13.0. The minimum absolute atomic E-state index is 0.0896. The molecule has 0 atom stereocenters. The molecule has 0 aliphatic rings. The van der Waals surface area contributed by atoms with Crippen LogP contribution in [0.15, 0.2) is 42.5 Å². The van der Waals surface area contributed by atoms with Crippen molar-refractivity contribution in [2.75, 3.05) is 24.9 Å². The van der Waals surface area contributed by atoms with Gasteiger partial charge in [0.2, 0.25) is 0 Å². The molecular weight excluding hydrogens is 475 g/mol. The van der Waals surface area contributed by atoms with Crippen LogP contribution in [0.3, 0.4) is 0 Å². The number of methoxy groups -OCH3 is 2. The Labute approximate surface area is 198 Å². The number of esters is 1. The monoisotopic (exact) mass is 492 g/mol. The number of rotatable bonds is 6. The number of thiophene rings is 1. The molecule has 32 heavy (non-hydrogen) atoms. The van der Waals surface area contributed by atoms with E-state index in [0.717, 1.165) is 11.3 Å². The van der Waals surface area contributed by atoms with Crippen molar-refractivity contribution in [1.29, 1.82) is 0 Å². The molecule has 2 N–H and O–H groups in total. The molecule has 0 bridgehead atoms. The molecule has 1 aromatic heterocycles. The first kappa shape index (κ1) is 23.6. The number of hydrogen-bond acceptors (Lipinski definition) is 6. The zero-order valence-electron chi connectivity index (χ0n) is 17.2. The van der Waals surface area contributed by atoms with E-state index in [1.54, 1.807) is 31.2 Å². The summed E-state index contributed by atoms with van der Waals surface area (Å²) in [5.74, 6) is -1.11. The van der Waals surface area contributed by atoms with Crippen LogP contribution in [0.1, 0.15) is 36.0 Å². The number of benzene rings is 2. The van der Waals surface area contributed by atoms with Gasteiger partial charge in [0.25, 0.3) is 11.8 Å². The van der Waals surface area contributed by atoms with Gasteiger partial charge in [-0.05, 0) is 42.8 Å². The number of carbonyl (C=O) groups is 3. The zero-order valence-corrected chi connectivity index (χ0v) is 19.6. The third kappa shape index (κ3) is 5.04. The summed E-state index contributed by atoms with van der Waals surface area (Å²) in [7, 11) is 2.74. The Balaban J connectivity index is 1.94. The van der Waals surface area contributed by atoms with E-state index in [-0.39, 0.29) is 26.0 Å². The smallest absolute Gasteiger partial charge is 0.341 e. The second kappa shape index (κ2) is 10.0. The zero-order chi connectivity index (χ0) is 23.4. The Morgan fingerprint density at radius 1 is 0.969 bits per heavy atom. The minimum atomic E-state index is -0.684. The van der Waals surface area contributed by atoms with Crippen molar-refractivity contribution < 1.29 is 23.9 Å². The quantitative estimate of drug-likeness (QED) is 0.432. The molecule has 0 spiro atoms. The SMILES string of the molecule is COC(=O)c1c(NC(=O)c2ccc(Cl)cc2Cl)sc(C(=O)Nc2cccc(OC)c2)c1C. The number of nitrogens with one attached hydrogen (secondary N) is 2. The summed E-state index contributed by atoms with van der Waals surface area (Å²) in [6.07, 6.45) is 0. The van der Waals surface area contributed by atoms with E-state index in [0.29, 0.717) is 22.0 Å². The molecule has 2 amide bonds. The predicted octanol–water partition coefficient (Wildman–Crippen LogP) is 5.66. The molecule has 166 valence electrons. The molecule has 0 aliphatic heterocycles. The molecule has 0 fully saturated rings. The van der Waals surface area contributed by atoms with Crippen LogP contribution in [0.5, 0.6) is 5.75 Å². The first-order valence-corrected chi connectivity index (χ1v) is 10.8. The summed E-state index contributed by atoms with van der Waals surface area (Å²) in [4.78, 5) is 38.3. The van der Waals surface area contributed by atoms with Gasteiger partial charge in [0, 0.05) is 16.8 Å². The normalized spacial score (nSPS) is 10.4. The number of ether oxygens (including phenoxy) is 2. The first-order valence-electron chi connectivity index (χ1n) is 9.18. The Kier molecular flexibility index (Phi) is 7.40. The van der Waals surface area contributed by atoms with Gasteiger partial charge in [0.05, 0.1) is 35.2 Å². The molecule has 3 rings (SSSR count). The van der Waals surface area contributed by atoms with Crippen molar-refractivity contribution in [1.82, 2.24) is 0 Å². The van der Waals surface area contributed by atoms with Gasteiger partial charge in [-0.3, -0.25) is 9.59 Å². The van der Waals surface area contributed by atoms with Crippen LogP contribution in [-0.4, -0.2) is 32.0 Å². The minimum Gasteiger partial charge on any atom is -0.497 e. The summed E-state index contributed by atoms with van der Waals surface area (Å²) < 4.78 is 10.0. The topological polar surface area (TPSA) is 93.7 Å². The fraction of sp³-hybridized carbons (Fsp3) is 0.136. The van der Waals surface area contributed by atoms with Gasteiger partial charge >= 0.3 is 5.97 Å². The Morgan fingerprint density at radius 2 is 1.72 bits per heavy atom. The lowest BCUT2D eigenvalue weighted by atomic mass is 10.1. The van der Waals surface area contributed by atoms with E-state index in [4.69, 9.17) is 32.7 Å². The number of hydrogen-bond donors (Lipinski definition) is 2. The van der Waals surface area contributed by atoms with Gasteiger partial charge in [-0.2, -0.15) is 0 Å². The molecule has 10 heteroatoms. The molecule has 0 saturated heterocycles. The summed E-state index contributed by atoms with van der Waals surface area (Å²) in [5.41, 5.74) is 1.15. The highest BCUT2D eigenvalue weighted by Gasteiger charge is 2.27. The number of carbonyl (C=O) groups excluding carboxylic acids is 3. The van der Waals surface area contributed by atoms with Crippen LogP contribution in [0, 0.1) is 6.92 Å². The molecule has 0 unspecified atom stereocenters. The van der Waals surface area contributed by atoms with E-state index in [1.807, 2.05) is 0 Å². The highest BCUT2D eigenvalue weighted by molar-refractivity contribution is 7.19. The van der Waals surface area contributed by atoms with E-state index >= 15 is 0 Å². The van der Waals surface area contributed by atoms with Crippen LogP contribution in [-0.2, 0) is 4.74 Å². The van der Waals surface area contributed by atoms with Crippen LogP contribution < -0.4 is 15.4 Å². The van der Waals surface area contributed by atoms with Crippen LogP contribution >= 0.6 is 34.5 Å². The van der Waals surface area contributed by atoms with Crippen molar-refractivity contribution in [3.8, 4) is 5.75 Å². The molecule has 2 aromatic carbocycles. The molecular formula is C22H18Cl2N2O5S. The molecule has 0 radical (unpaired) electrons. The molecule has 7 nitrogen and oxygen atoms in total. The van der Waals surface area contributed by atoms with E-state index < -0.39 is 17.8 Å². The van der Waals surface area contributed by atoms with Gasteiger partial charge in [-0.1, -0.05) is 29.3 Å². The Bertz CT molecular complexity index is 1210. The highest BCUT2D eigenvalue weighted by atomic mass is 35.5. The average molecular weight is 493 g/mol. The summed E-state index contributed by atoms with van der Waals surface area (Å²) in [6, 6.07) is 11.3. The standard InChI is InChI=1S/C22H18Cl2N2O5S/c1-11-17(22(29)31-3)21(26-19(27)15-8-7-12(23)9-16(15)24)32-18(11)20(28)25-13-5-4-6-14(10-13)30-2/h4-10H,1-3H3,(H,25,28)(H,26,27). The maximum atomic E-state index is 12.9. The third-order valence-corrected chi connectivity index (χ3v) is 6.23. The maximum absolute atomic E-state index is 12.9. The Morgan fingerprint density at radius 3 is 2.38 bits per heavy atom. The van der Waals surface area contributed by atoms with Crippen molar-refractivity contribution in [2.24, 2.45) is 0 Å². The van der Waals surface area contributed by atoms with Crippen molar-refractivity contribution in [2.45, 2.75) is 6.92 Å². The van der Waals surface area contributed by atoms with E-state index in [1.165, 1.54) is 32.4 Å². The fourth-order valence-corrected chi connectivity index (χ4v) is 4.48. The maximum Gasteiger partial charge on any atom is 0.341 e. The van der Waals surface area contributed by atoms with Crippen LogP contribution in [0.4, 0.5) is 10.7 Å². The third-order valence-electron chi connectivity index (χ3n) is 4.47. The largest absolute Gasteiger partial charge is 0.497 e.